The molecule has 4 aliphatic carbocycles. The molecule has 5 aromatic rings. The van der Waals surface area contributed by atoms with Gasteiger partial charge < -0.3 is 82.4 Å². The number of hydrogen-bond acceptors (Lipinski definition) is 19. The third-order valence-electron chi connectivity index (χ3n) is 21.1. The maximum atomic E-state index is 15.2. The second kappa shape index (κ2) is 35.2. The first-order chi connectivity index (χ1) is 51.6. The quantitative estimate of drug-likeness (QED) is 0.0249. The Labute approximate surface area is 615 Å². The van der Waals surface area contributed by atoms with Crippen LogP contribution in [0.4, 0.5) is 0 Å². The summed E-state index contributed by atoms with van der Waals surface area (Å²) in [6, 6.07) is 38.2. The molecule has 9 amide bonds. The molecule has 566 valence electrons. The van der Waals surface area contributed by atoms with E-state index in [1.807, 2.05) is 121 Å². The number of ether oxygens (including phenoxy) is 1. The van der Waals surface area contributed by atoms with Crippen molar-refractivity contribution >= 4 is 76.5 Å². The second-order valence-electron chi connectivity index (χ2n) is 28.6. The van der Waals surface area contributed by atoms with Crippen LogP contribution >= 0.6 is 0 Å². The Balaban J connectivity index is 0.781. The van der Waals surface area contributed by atoms with Crippen LogP contribution in [-0.4, -0.2) is 226 Å². The van der Waals surface area contributed by atoms with Gasteiger partial charge in [0, 0.05) is 98.8 Å². The van der Waals surface area contributed by atoms with Crippen molar-refractivity contribution in [2.24, 2.45) is 41.4 Å². The standard InChI is InChI=1S/C78H89N9O20/c88-36-47(70(97)84-64(39-91)66(94)24-48(37-89)71(98)85-65(40-92)67(95)25-49(38-90)78(105)106)23-50(93)31-79-69(96)41-107-68-26-46(76(103)86-32-56(72(99)80-60-27-52(60)42-13-5-1-6-14-42)57(33-86)73(100)81-61-28-53(61)43-15-7-2-8-16-43)21-22-51(68)77(104)87-34-58(74(101)82-62-29-54(62)44-17-9-3-10-18-44)59(35-87)75(102)83-63-30-55(63)45-19-11-4-12-20-45/h1-22,26,47-49,52-65,88-92H,23-25,27-41H2,(H,79,96)(H,80,99)(H,81,100)(H,82,101)(H,83,102)(H,84,97)(H,85,98)(H,105,106)/t47-,48-,49-,52+,53+,54+,55+,56+,57+,58+,59+,60-,61-,62-,63-,64-,65-/m0/s1. The Hall–Kier alpha value is -10.6. The average molecular weight is 1470 g/mol. The minimum Gasteiger partial charge on any atom is -0.483 e. The lowest BCUT2D eigenvalue weighted by Gasteiger charge is -2.23. The first-order valence-electron chi connectivity index (χ1n) is 36.1. The number of aliphatic hydroxyl groups excluding tert-OH is 5. The van der Waals surface area contributed by atoms with Crippen LogP contribution in [0, 0.1) is 41.4 Å². The highest BCUT2D eigenvalue weighted by Gasteiger charge is 2.52. The van der Waals surface area contributed by atoms with Gasteiger partial charge in [-0.25, -0.2) is 0 Å². The molecule has 11 rings (SSSR count). The molecule has 0 aromatic heterocycles. The molecule has 2 saturated heterocycles. The summed E-state index contributed by atoms with van der Waals surface area (Å²) < 4.78 is 6.10. The third kappa shape index (κ3) is 19.5. The molecular formula is C78H89N9O20. The van der Waals surface area contributed by atoms with Crippen LogP contribution < -0.4 is 42.0 Å². The van der Waals surface area contributed by atoms with Crippen molar-refractivity contribution in [2.75, 3.05) is 72.4 Å². The van der Waals surface area contributed by atoms with Gasteiger partial charge in [-0.05, 0) is 66.1 Å². The van der Waals surface area contributed by atoms with E-state index in [1.54, 1.807) is 0 Å². The van der Waals surface area contributed by atoms with Gasteiger partial charge in [0.1, 0.15) is 17.8 Å². The minimum atomic E-state index is -1.77. The summed E-state index contributed by atoms with van der Waals surface area (Å²) in [5.74, 6) is -19.6. The normalized spacial score (nSPS) is 24.3. The van der Waals surface area contributed by atoms with Crippen LogP contribution in [0.25, 0.3) is 0 Å². The topological polar surface area (TPSA) is 443 Å². The number of likely N-dealkylation sites (tertiary alicyclic amines) is 2. The number of nitrogens with one attached hydrogen (secondary N) is 7. The largest absolute Gasteiger partial charge is 0.483 e. The van der Waals surface area contributed by atoms with Crippen molar-refractivity contribution in [2.45, 2.75) is 105 Å². The molecule has 0 unspecified atom stereocenters. The third-order valence-corrected chi connectivity index (χ3v) is 21.1. The molecule has 107 heavy (non-hydrogen) atoms. The number of carbonyl (C=O) groups is 13. The van der Waals surface area contributed by atoms with E-state index in [0.717, 1.165) is 22.3 Å². The summed E-state index contributed by atoms with van der Waals surface area (Å²) in [5, 5.41) is 77.8. The van der Waals surface area contributed by atoms with E-state index in [9.17, 15) is 83.4 Å². The Bertz CT molecular complexity index is 3970. The zero-order valence-electron chi connectivity index (χ0n) is 58.6. The van der Waals surface area contributed by atoms with Crippen molar-refractivity contribution < 1.29 is 97.7 Å². The fraction of sp³-hybridized carbons (Fsp3) is 0.449. The maximum Gasteiger partial charge on any atom is 0.309 e. The maximum absolute atomic E-state index is 15.2. The first-order valence-corrected chi connectivity index (χ1v) is 36.1. The summed E-state index contributed by atoms with van der Waals surface area (Å²) in [6.07, 6.45) is 0.280. The van der Waals surface area contributed by atoms with E-state index in [1.165, 1.54) is 28.0 Å². The van der Waals surface area contributed by atoms with Gasteiger partial charge in [0.15, 0.2) is 24.0 Å². The van der Waals surface area contributed by atoms with Crippen LogP contribution in [0.2, 0.25) is 0 Å². The van der Waals surface area contributed by atoms with Crippen molar-refractivity contribution in [1.29, 1.82) is 0 Å². The number of hydrogen-bond donors (Lipinski definition) is 13. The van der Waals surface area contributed by atoms with E-state index in [-0.39, 0.29) is 90.9 Å². The Morgan fingerprint density at radius 2 is 0.766 bits per heavy atom. The average Bonchev–Trinajstić information content (AvgIpc) is 1.14. The molecule has 2 aliphatic heterocycles. The molecule has 2 heterocycles. The smallest absolute Gasteiger partial charge is 0.309 e. The fourth-order valence-corrected chi connectivity index (χ4v) is 14.4. The van der Waals surface area contributed by atoms with E-state index in [2.05, 4.69) is 37.2 Å². The van der Waals surface area contributed by atoms with Crippen molar-refractivity contribution in [3.05, 3.63) is 173 Å². The molecule has 6 fully saturated rings. The predicted octanol–water partition coefficient (Wildman–Crippen LogP) is -0.0109. The van der Waals surface area contributed by atoms with Gasteiger partial charge in [0.25, 0.3) is 17.7 Å². The van der Waals surface area contributed by atoms with Crippen LogP contribution in [0.15, 0.2) is 140 Å². The molecule has 0 spiro atoms. The Morgan fingerprint density at radius 3 is 1.11 bits per heavy atom. The number of aliphatic carboxylic acids is 1. The van der Waals surface area contributed by atoms with E-state index in [0.29, 0.717) is 25.7 Å². The molecule has 17 atom stereocenters. The zero-order valence-corrected chi connectivity index (χ0v) is 58.6. The zero-order chi connectivity index (χ0) is 76.2. The highest BCUT2D eigenvalue weighted by molar-refractivity contribution is 6.03. The Morgan fingerprint density at radius 1 is 0.421 bits per heavy atom. The van der Waals surface area contributed by atoms with Crippen molar-refractivity contribution in [3.8, 4) is 5.75 Å². The highest BCUT2D eigenvalue weighted by Crippen LogP contribution is 2.45. The molecule has 0 bridgehead atoms. The van der Waals surface area contributed by atoms with Crippen LogP contribution in [0.5, 0.6) is 5.75 Å². The van der Waals surface area contributed by atoms with Gasteiger partial charge in [-0.15, -0.1) is 0 Å². The van der Waals surface area contributed by atoms with Crippen molar-refractivity contribution in [3.63, 3.8) is 0 Å². The lowest BCUT2D eigenvalue weighted by molar-refractivity contribution is -0.145. The molecule has 6 aliphatic rings. The summed E-state index contributed by atoms with van der Waals surface area (Å²) in [5.41, 5.74) is 3.89. The van der Waals surface area contributed by atoms with E-state index in [4.69, 9.17) is 4.74 Å². The monoisotopic (exact) mass is 1470 g/mol. The number of nitrogens with zero attached hydrogens (tertiary/aromatic N) is 2. The number of carboxylic acids is 1. The summed E-state index contributed by atoms with van der Waals surface area (Å²) >= 11 is 0. The van der Waals surface area contributed by atoms with Gasteiger partial charge in [-0.2, -0.15) is 0 Å². The second-order valence-corrected chi connectivity index (χ2v) is 28.6. The lowest BCUT2D eigenvalue weighted by atomic mass is 9.94. The molecule has 0 radical (unpaired) electrons. The fourth-order valence-electron chi connectivity index (χ4n) is 14.4. The SMILES string of the molecule is O=C(CNC(=O)COc1cc(C(=O)N2C[C@@H](C(=O)N[C@H]3C[C@@H]3c3ccccc3)[C@H](C(=O)N[C@H]3C[C@@H]3c3ccccc3)C2)ccc1C(=O)N1C[C@@H](C(=O)N[C@H]2C[C@@H]2c2ccccc2)[C@H](C(=O)N[C@H]2C[C@@H]2c2ccccc2)C1)C[C@@H](CO)C(=O)N[C@@H](CO)C(=O)C[C@@H](CO)C(=O)N[C@@H](CO)C(=O)C[C@@H](CO)C(=O)O. The summed E-state index contributed by atoms with van der Waals surface area (Å²) in [4.78, 5) is 182. The van der Waals surface area contributed by atoms with Crippen LogP contribution in [0.3, 0.4) is 0 Å². The van der Waals surface area contributed by atoms with Gasteiger partial charge in [0.2, 0.25) is 35.4 Å². The van der Waals surface area contributed by atoms with E-state index < -0.39 is 195 Å². The molecule has 29 heteroatoms. The number of Topliss-reactive ketones (excluding diaryl/α,β-unsaturated/α-hetero) is 3. The lowest BCUT2D eigenvalue weighted by Crippen LogP contribution is -2.50. The molecule has 29 nitrogen and oxygen atoms in total. The number of carbonyl (C=O) groups excluding carboxylic acids is 12. The molecule has 5 aromatic carbocycles. The highest BCUT2D eigenvalue weighted by atomic mass is 16.5. The van der Waals surface area contributed by atoms with Crippen LogP contribution in [0.1, 0.15) is 112 Å². The number of benzene rings is 5. The van der Waals surface area contributed by atoms with Gasteiger partial charge in [0.05, 0.1) is 86.6 Å². The van der Waals surface area contributed by atoms with Crippen molar-refractivity contribution in [1.82, 2.24) is 47.0 Å². The number of ketones is 3. The number of carboxylic acid groups (broad SMARTS) is 1. The van der Waals surface area contributed by atoms with Gasteiger partial charge in [-0.1, -0.05) is 121 Å². The number of aliphatic hydroxyl groups is 5. The van der Waals surface area contributed by atoms with Crippen LogP contribution in [-0.2, 0) is 52.7 Å². The van der Waals surface area contributed by atoms with Gasteiger partial charge >= 0.3 is 5.97 Å². The first kappa shape index (κ1) is 77.5. The van der Waals surface area contributed by atoms with E-state index >= 15 is 9.59 Å². The summed E-state index contributed by atoms with van der Waals surface area (Å²) in [6.45, 7) is -7.52. The number of amides is 9. The predicted molar refractivity (Wildman–Crippen MR) is 380 cm³/mol. The summed E-state index contributed by atoms with van der Waals surface area (Å²) in [7, 11) is 0. The number of rotatable bonds is 37. The van der Waals surface area contributed by atoms with Gasteiger partial charge in [-0.3, -0.25) is 62.3 Å². The molecule has 4 saturated carbocycles. The molecule has 13 N–H and O–H groups in total. The Kier molecular flexibility index (Phi) is 25.5. The molecular weight excluding hydrogens is 1380 g/mol. The minimum absolute atomic E-state index is 0.0395.